The zero-order valence-corrected chi connectivity index (χ0v) is 18.1. The number of benzene rings is 2. The van der Waals surface area contributed by atoms with E-state index in [1.807, 2.05) is 54.6 Å². The first-order valence-corrected chi connectivity index (χ1v) is 11.1. The highest BCUT2D eigenvalue weighted by Gasteiger charge is 2.39. The van der Waals surface area contributed by atoms with E-state index in [4.69, 9.17) is 9.15 Å². The summed E-state index contributed by atoms with van der Waals surface area (Å²) >= 11 is 0. The molecule has 1 aromatic heterocycles. The summed E-state index contributed by atoms with van der Waals surface area (Å²) in [6.45, 7) is 0. The summed E-state index contributed by atoms with van der Waals surface area (Å²) in [5, 5.41) is 2.86. The van der Waals surface area contributed by atoms with Crippen molar-refractivity contribution in [3.63, 3.8) is 0 Å². The van der Waals surface area contributed by atoms with Gasteiger partial charge in [0.15, 0.2) is 11.5 Å². The van der Waals surface area contributed by atoms with E-state index in [1.165, 1.54) is 12.8 Å². The van der Waals surface area contributed by atoms with E-state index in [0.717, 1.165) is 24.2 Å². The Labute approximate surface area is 188 Å². The molecule has 162 valence electrons. The number of carbonyl (C=O) groups is 1. The number of furan rings is 1. The monoisotopic (exact) mass is 426 g/mol. The fraction of sp³-hybridized carbons (Fsp3) is 0.296. The number of hydrogen-bond acceptors (Lipinski definition) is 4. The number of hydrogen-bond donors (Lipinski definition) is 1. The highest BCUT2D eigenvalue weighted by Crippen LogP contribution is 2.36. The Bertz CT molecular complexity index is 1130. The maximum atomic E-state index is 12.5. The Morgan fingerprint density at radius 2 is 1.69 bits per heavy atom. The molecule has 2 saturated heterocycles. The summed E-state index contributed by atoms with van der Waals surface area (Å²) in [7, 11) is 2.23. The van der Waals surface area contributed by atoms with E-state index < -0.39 is 0 Å². The summed E-state index contributed by atoms with van der Waals surface area (Å²) < 4.78 is 11.8. The van der Waals surface area contributed by atoms with Crippen molar-refractivity contribution in [3.05, 3.63) is 83.8 Å². The Kier molecular flexibility index (Phi) is 5.70. The molecule has 0 radical (unpaired) electrons. The average molecular weight is 427 g/mol. The lowest BCUT2D eigenvalue weighted by atomic mass is 10.0. The highest BCUT2D eigenvalue weighted by molar-refractivity contribution is 6.02. The average Bonchev–Trinajstić information content (AvgIpc) is 3.35. The molecule has 3 aromatic rings. The third-order valence-corrected chi connectivity index (χ3v) is 6.40. The zero-order valence-electron chi connectivity index (χ0n) is 18.1. The predicted molar refractivity (Wildman–Crippen MR) is 124 cm³/mol. The smallest absolute Gasteiger partial charge is 0.291 e. The van der Waals surface area contributed by atoms with Gasteiger partial charge < -0.3 is 19.4 Å². The lowest BCUT2D eigenvalue weighted by Crippen LogP contribution is -2.43. The molecule has 2 fully saturated rings. The van der Waals surface area contributed by atoms with Gasteiger partial charge in [0.05, 0.1) is 0 Å². The van der Waals surface area contributed by atoms with E-state index in [1.54, 1.807) is 12.1 Å². The largest absolute Gasteiger partial charge is 0.490 e. The molecular formula is C27H26N2O3. The van der Waals surface area contributed by atoms with Crippen LogP contribution in [0.5, 0.6) is 5.75 Å². The summed E-state index contributed by atoms with van der Waals surface area (Å²) in [6.07, 6.45) is 4.98. The summed E-state index contributed by atoms with van der Waals surface area (Å²) in [5.41, 5.74) is 1.59. The van der Waals surface area contributed by atoms with Crippen LogP contribution >= 0.6 is 0 Å². The number of carbonyl (C=O) groups excluding carboxylic acids is 1. The minimum Gasteiger partial charge on any atom is -0.490 e. The molecule has 0 saturated carbocycles. The van der Waals surface area contributed by atoms with Crippen LogP contribution in [0.15, 0.2) is 71.1 Å². The Morgan fingerprint density at radius 1 is 0.969 bits per heavy atom. The van der Waals surface area contributed by atoms with Crippen molar-refractivity contribution in [2.24, 2.45) is 0 Å². The van der Waals surface area contributed by atoms with Crippen molar-refractivity contribution < 1.29 is 13.9 Å². The lowest BCUT2D eigenvalue weighted by molar-refractivity contribution is 0.0662. The van der Waals surface area contributed by atoms with Crippen LogP contribution in [0.3, 0.4) is 0 Å². The molecule has 2 aromatic carbocycles. The van der Waals surface area contributed by atoms with Crippen LogP contribution in [0.2, 0.25) is 0 Å². The van der Waals surface area contributed by atoms with Crippen molar-refractivity contribution in [3.8, 4) is 17.6 Å². The second kappa shape index (κ2) is 8.94. The van der Waals surface area contributed by atoms with Gasteiger partial charge in [0.2, 0.25) is 0 Å². The standard InChI is InChI=1S/C27H26N2O3/c1-29-21-10-11-22(29)18-25(17-21)31-23-13-8-20(9-14-23)28-27(30)26-16-15-24(32-26)12-7-19-5-3-2-4-6-19/h2-6,8-9,13-16,21-22,25H,10-11,17-18H2,1H3,(H,28,30)/t21-,22+,25?. The van der Waals surface area contributed by atoms with Crippen LogP contribution in [0, 0.1) is 11.8 Å². The molecule has 32 heavy (non-hydrogen) atoms. The molecule has 0 spiro atoms. The molecule has 1 N–H and O–H groups in total. The first kappa shape index (κ1) is 20.4. The lowest BCUT2D eigenvalue weighted by Gasteiger charge is -2.36. The number of nitrogens with zero attached hydrogens (tertiary/aromatic N) is 1. The van der Waals surface area contributed by atoms with E-state index >= 15 is 0 Å². The molecule has 0 aliphatic carbocycles. The van der Waals surface area contributed by atoms with E-state index in [-0.39, 0.29) is 17.8 Å². The number of piperidine rings is 1. The van der Waals surface area contributed by atoms with Crippen LogP contribution in [0.1, 0.15) is 47.6 Å². The molecule has 5 nitrogen and oxygen atoms in total. The van der Waals surface area contributed by atoms with Gasteiger partial charge in [-0.15, -0.1) is 0 Å². The van der Waals surface area contributed by atoms with Gasteiger partial charge in [0.25, 0.3) is 5.91 Å². The maximum absolute atomic E-state index is 12.5. The Balaban J connectivity index is 1.17. The van der Waals surface area contributed by atoms with Crippen LogP contribution in [0.4, 0.5) is 5.69 Å². The van der Waals surface area contributed by atoms with Crippen LogP contribution < -0.4 is 10.1 Å². The third-order valence-electron chi connectivity index (χ3n) is 6.40. The first-order valence-electron chi connectivity index (χ1n) is 11.1. The number of rotatable bonds is 4. The highest BCUT2D eigenvalue weighted by atomic mass is 16.5. The van der Waals surface area contributed by atoms with Crippen LogP contribution in [0.25, 0.3) is 0 Å². The number of ether oxygens (including phenoxy) is 1. The minimum atomic E-state index is -0.307. The fourth-order valence-electron chi connectivity index (χ4n) is 4.64. The van der Waals surface area contributed by atoms with E-state index in [2.05, 4.69) is 29.1 Å². The molecule has 2 bridgehead atoms. The number of nitrogens with one attached hydrogen (secondary N) is 1. The third kappa shape index (κ3) is 4.56. The van der Waals surface area contributed by atoms with E-state index in [9.17, 15) is 4.79 Å². The molecular weight excluding hydrogens is 400 g/mol. The summed E-state index contributed by atoms with van der Waals surface area (Å²) in [4.78, 5) is 15.0. The second-order valence-electron chi connectivity index (χ2n) is 8.52. The maximum Gasteiger partial charge on any atom is 0.291 e. The molecule has 2 aliphatic rings. The van der Waals surface area contributed by atoms with Gasteiger partial charge in [-0.05, 0) is 87.2 Å². The van der Waals surface area contributed by atoms with Crippen molar-refractivity contribution in [2.75, 3.05) is 12.4 Å². The molecule has 1 amide bonds. The van der Waals surface area contributed by atoms with Crippen molar-refractivity contribution in [1.29, 1.82) is 0 Å². The van der Waals surface area contributed by atoms with Gasteiger partial charge in [-0.25, -0.2) is 0 Å². The molecule has 3 atom stereocenters. The number of fused-ring (bicyclic) bond motifs is 2. The Morgan fingerprint density at radius 3 is 2.41 bits per heavy atom. The van der Waals surface area contributed by atoms with Gasteiger partial charge in [0.1, 0.15) is 11.9 Å². The van der Waals surface area contributed by atoms with Crippen molar-refractivity contribution >= 4 is 11.6 Å². The zero-order chi connectivity index (χ0) is 21.9. The topological polar surface area (TPSA) is 54.7 Å². The SMILES string of the molecule is CN1[C@@H]2CC[C@H]1CC(Oc1ccc(NC(=O)c3ccc(C#Cc4ccccc4)o3)cc1)C2. The van der Waals surface area contributed by atoms with E-state index in [0.29, 0.717) is 23.5 Å². The molecule has 5 heteroatoms. The van der Waals surface area contributed by atoms with Gasteiger partial charge in [-0.3, -0.25) is 4.79 Å². The molecule has 1 unspecified atom stereocenters. The fourth-order valence-corrected chi connectivity index (χ4v) is 4.64. The minimum absolute atomic E-state index is 0.226. The van der Waals surface area contributed by atoms with Crippen LogP contribution in [-0.2, 0) is 0 Å². The van der Waals surface area contributed by atoms with Crippen molar-refractivity contribution in [1.82, 2.24) is 4.90 Å². The second-order valence-corrected chi connectivity index (χ2v) is 8.52. The van der Waals surface area contributed by atoms with Crippen LogP contribution in [-0.4, -0.2) is 36.0 Å². The van der Waals surface area contributed by atoms with Gasteiger partial charge in [0, 0.05) is 23.3 Å². The molecule has 5 rings (SSSR count). The normalized spacial score (nSPS) is 22.1. The van der Waals surface area contributed by atoms with Gasteiger partial charge >= 0.3 is 0 Å². The molecule has 2 aliphatic heterocycles. The number of anilines is 1. The summed E-state index contributed by atoms with van der Waals surface area (Å²) in [5.74, 6) is 7.18. The van der Waals surface area contributed by atoms with Crippen molar-refractivity contribution in [2.45, 2.75) is 43.9 Å². The first-order chi connectivity index (χ1) is 15.6. The summed E-state index contributed by atoms with van der Waals surface area (Å²) in [6, 6.07) is 21.8. The predicted octanol–water partition coefficient (Wildman–Crippen LogP) is 4.94. The quantitative estimate of drug-likeness (QED) is 0.601. The van der Waals surface area contributed by atoms with Gasteiger partial charge in [-0.2, -0.15) is 0 Å². The number of amides is 1. The Hall–Kier alpha value is -3.49. The molecule has 3 heterocycles. The van der Waals surface area contributed by atoms with Gasteiger partial charge in [-0.1, -0.05) is 24.1 Å².